The zero-order valence-electron chi connectivity index (χ0n) is 11.5. The summed E-state index contributed by atoms with van der Waals surface area (Å²) in [5, 5.41) is 3.02. The molecule has 0 saturated carbocycles. The Morgan fingerprint density at radius 1 is 1.35 bits per heavy atom. The van der Waals surface area contributed by atoms with E-state index >= 15 is 0 Å². The third kappa shape index (κ3) is 4.84. The van der Waals surface area contributed by atoms with E-state index in [0.29, 0.717) is 18.4 Å². The third-order valence-corrected chi connectivity index (χ3v) is 2.42. The maximum atomic E-state index is 5.72. The minimum absolute atomic E-state index is 0. The summed E-state index contributed by atoms with van der Waals surface area (Å²) < 4.78 is 5.42. The highest BCUT2D eigenvalue weighted by molar-refractivity contribution is 14.0. The molecule has 20 heavy (non-hydrogen) atoms. The van der Waals surface area contributed by atoms with Crippen LogP contribution in [0, 0.1) is 0 Å². The number of aromatic nitrogens is 1. The van der Waals surface area contributed by atoms with Crippen molar-refractivity contribution in [2.45, 2.75) is 26.4 Å². The minimum atomic E-state index is 0. The van der Waals surface area contributed by atoms with Crippen molar-refractivity contribution < 1.29 is 4.42 Å². The van der Waals surface area contributed by atoms with E-state index in [1.165, 1.54) is 0 Å². The molecule has 6 heteroatoms. The molecule has 1 aromatic heterocycles. The van der Waals surface area contributed by atoms with Gasteiger partial charge < -0.3 is 15.5 Å². The lowest BCUT2D eigenvalue weighted by Gasteiger charge is -2.07. The molecule has 5 nitrogen and oxygen atoms in total. The Labute approximate surface area is 135 Å². The highest BCUT2D eigenvalue weighted by atomic mass is 127. The van der Waals surface area contributed by atoms with Crippen molar-refractivity contribution in [1.29, 1.82) is 0 Å². The van der Waals surface area contributed by atoms with Crippen molar-refractivity contribution in [3.8, 4) is 11.5 Å². The monoisotopic (exact) mass is 386 g/mol. The van der Waals surface area contributed by atoms with Crippen LogP contribution in [0.1, 0.15) is 19.5 Å². The number of rotatable bonds is 4. The fraction of sp³-hybridized carbons (Fsp3) is 0.286. The number of benzene rings is 1. The molecule has 108 valence electrons. The van der Waals surface area contributed by atoms with Gasteiger partial charge in [0, 0.05) is 11.6 Å². The smallest absolute Gasteiger partial charge is 0.226 e. The summed E-state index contributed by atoms with van der Waals surface area (Å²) in [4.78, 5) is 8.58. The van der Waals surface area contributed by atoms with Gasteiger partial charge in [-0.1, -0.05) is 18.2 Å². The van der Waals surface area contributed by atoms with E-state index in [1.807, 2.05) is 44.2 Å². The van der Waals surface area contributed by atoms with E-state index < -0.39 is 0 Å². The number of guanidine groups is 1. The topological polar surface area (TPSA) is 76.4 Å². The van der Waals surface area contributed by atoms with Crippen LogP contribution >= 0.6 is 24.0 Å². The highest BCUT2D eigenvalue weighted by Crippen LogP contribution is 2.18. The number of nitrogens with one attached hydrogen (secondary N) is 1. The van der Waals surface area contributed by atoms with Crippen LogP contribution < -0.4 is 11.1 Å². The van der Waals surface area contributed by atoms with Gasteiger partial charge in [0.1, 0.15) is 12.0 Å². The summed E-state index contributed by atoms with van der Waals surface area (Å²) in [6.45, 7) is 4.42. The van der Waals surface area contributed by atoms with E-state index in [-0.39, 0.29) is 30.0 Å². The molecule has 0 aliphatic rings. The number of hydrogen-bond donors (Lipinski definition) is 2. The summed E-state index contributed by atoms with van der Waals surface area (Å²) in [6.07, 6.45) is 1.61. The molecule has 0 spiro atoms. The predicted molar refractivity (Wildman–Crippen MR) is 91.0 cm³/mol. The number of aliphatic imine (C=N–C) groups is 1. The molecule has 2 rings (SSSR count). The fourth-order valence-corrected chi connectivity index (χ4v) is 1.60. The Balaban J connectivity index is 0.00000200. The minimum Gasteiger partial charge on any atom is -0.444 e. The van der Waals surface area contributed by atoms with Gasteiger partial charge in [-0.25, -0.2) is 9.98 Å². The number of nitrogens with two attached hydrogens (primary N) is 1. The normalized spacial score (nSPS) is 11.2. The maximum Gasteiger partial charge on any atom is 0.226 e. The first-order chi connectivity index (χ1) is 9.15. The Kier molecular flexibility index (Phi) is 6.50. The molecule has 0 atom stereocenters. The van der Waals surface area contributed by atoms with Crippen LogP contribution in [0.3, 0.4) is 0 Å². The van der Waals surface area contributed by atoms with Crippen molar-refractivity contribution in [1.82, 2.24) is 10.3 Å². The van der Waals surface area contributed by atoms with E-state index in [0.717, 1.165) is 11.3 Å². The second kappa shape index (κ2) is 7.88. The molecule has 2 aromatic rings. The van der Waals surface area contributed by atoms with Crippen molar-refractivity contribution >= 4 is 29.9 Å². The average molecular weight is 386 g/mol. The van der Waals surface area contributed by atoms with Gasteiger partial charge in [0.15, 0.2) is 5.96 Å². The Morgan fingerprint density at radius 3 is 2.70 bits per heavy atom. The molecule has 0 fully saturated rings. The first-order valence-corrected chi connectivity index (χ1v) is 6.21. The molecule has 0 amide bonds. The van der Waals surface area contributed by atoms with Crippen molar-refractivity contribution in [2.24, 2.45) is 10.7 Å². The Morgan fingerprint density at radius 2 is 2.05 bits per heavy atom. The Hall–Kier alpha value is -1.57. The molecule has 0 radical (unpaired) electrons. The molecule has 0 saturated heterocycles. The van der Waals surface area contributed by atoms with Crippen LogP contribution in [-0.2, 0) is 6.54 Å². The summed E-state index contributed by atoms with van der Waals surface area (Å²) in [6, 6.07) is 10.0. The van der Waals surface area contributed by atoms with Crippen LogP contribution in [-0.4, -0.2) is 17.0 Å². The molecule has 1 aromatic carbocycles. The van der Waals surface area contributed by atoms with Crippen LogP contribution in [0.15, 0.2) is 46.0 Å². The lowest BCUT2D eigenvalue weighted by Crippen LogP contribution is -2.36. The first-order valence-electron chi connectivity index (χ1n) is 6.21. The summed E-state index contributed by atoms with van der Waals surface area (Å²) in [5.41, 5.74) is 7.43. The van der Waals surface area contributed by atoms with Gasteiger partial charge in [0.05, 0.1) is 6.54 Å². The van der Waals surface area contributed by atoms with Crippen molar-refractivity contribution in [2.75, 3.05) is 0 Å². The van der Waals surface area contributed by atoms with Crippen LogP contribution in [0.2, 0.25) is 0 Å². The largest absolute Gasteiger partial charge is 0.444 e. The lowest BCUT2D eigenvalue weighted by molar-refractivity contribution is 0.572. The second-order valence-electron chi connectivity index (χ2n) is 4.51. The molecule has 0 aliphatic carbocycles. The van der Waals surface area contributed by atoms with Gasteiger partial charge in [-0.3, -0.25) is 0 Å². The van der Waals surface area contributed by atoms with Gasteiger partial charge in [-0.2, -0.15) is 0 Å². The highest BCUT2D eigenvalue weighted by Gasteiger charge is 2.05. The molecule has 0 bridgehead atoms. The van der Waals surface area contributed by atoms with E-state index in [1.54, 1.807) is 6.26 Å². The molecule has 0 aliphatic heterocycles. The standard InChI is InChI=1S/C14H18N4O.HI/c1-10(2)17-14(15)16-8-12-9-19-13(18-12)11-6-4-3-5-7-11;/h3-7,9-10H,8H2,1-2H3,(H3,15,16,17);1H. The molecular formula is C14H19IN4O. The van der Waals surface area contributed by atoms with Crippen LogP contribution in [0.25, 0.3) is 11.5 Å². The Bertz CT molecular complexity index is 551. The zero-order chi connectivity index (χ0) is 13.7. The quantitative estimate of drug-likeness (QED) is 0.481. The van der Waals surface area contributed by atoms with E-state index in [2.05, 4.69) is 15.3 Å². The van der Waals surface area contributed by atoms with Gasteiger partial charge in [0.2, 0.25) is 5.89 Å². The van der Waals surface area contributed by atoms with Crippen LogP contribution in [0.4, 0.5) is 0 Å². The lowest BCUT2D eigenvalue weighted by atomic mass is 10.2. The number of halogens is 1. The average Bonchev–Trinajstić information content (AvgIpc) is 2.85. The predicted octanol–water partition coefficient (Wildman–Crippen LogP) is 2.77. The van der Waals surface area contributed by atoms with Gasteiger partial charge in [-0.05, 0) is 26.0 Å². The molecule has 3 N–H and O–H groups in total. The molecule has 1 heterocycles. The number of hydrogen-bond acceptors (Lipinski definition) is 3. The van der Waals surface area contributed by atoms with E-state index in [4.69, 9.17) is 10.2 Å². The summed E-state index contributed by atoms with van der Waals surface area (Å²) in [5.74, 6) is 1.01. The number of oxazole rings is 1. The summed E-state index contributed by atoms with van der Waals surface area (Å²) >= 11 is 0. The first kappa shape index (κ1) is 16.5. The van der Waals surface area contributed by atoms with Gasteiger partial charge >= 0.3 is 0 Å². The van der Waals surface area contributed by atoms with Gasteiger partial charge in [-0.15, -0.1) is 24.0 Å². The molecular weight excluding hydrogens is 367 g/mol. The zero-order valence-corrected chi connectivity index (χ0v) is 13.9. The second-order valence-corrected chi connectivity index (χ2v) is 4.51. The fourth-order valence-electron chi connectivity index (χ4n) is 1.60. The third-order valence-electron chi connectivity index (χ3n) is 2.42. The summed E-state index contributed by atoms with van der Waals surface area (Å²) in [7, 11) is 0. The maximum absolute atomic E-state index is 5.72. The number of nitrogens with zero attached hydrogens (tertiary/aromatic N) is 2. The molecule has 0 unspecified atom stereocenters. The van der Waals surface area contributed by atoms with Crippen molar-refractivity contribution in [3.05, 3.63) is 42.3 Å². The van der Waals surface area contributed by atoms with Gasteiger partial charge in [0.25, 0.3) is 0 Å². The van der Waals surface area contributed by atoms with Crippen molar-refractivity contribution in [3.63, 3.8) is 0 Å². The van der Waals surface area contributed by atoms with E-state index in [9.17, 15) is 0 Å². The van der Waals surface area contributed by atoms with Crippen LogP contribution in [0.5, 0.6) is 0 Å². The SMILES string of the molecule is CC(C)NC(N)=NCc1coc(-c2ccccc2)n1.I.